The van der Waals surface area contributed by atoms with E-state index in [1.54, 1.807) is 0 Å². The van der Waals surface area contributed by atoms with E-state index in [1.165, 1.54) is 38.5 Å². The summed E-state index contributed by atoms with van der Waals surface area (Å²) in [6.45, 7) is 6.22. The molecule has 0 heterocycles. The predicted octanol–water partition coefficient (Wildman–Crippen LogP) is 17.7. The van der Waals surface area contributed by atoms with Crippen LogP contribution >= 0.6 is 0 Å². The average molecular weight is 913 g/mol. The van der Waals surface area contributed by atoms with Gasteiger partial charge in [0, 0.05) is 19.3 Å². The van der Waals surface area contributed by atoms with Crippen LogP contribution in [0.4, 0.5) is 0 Å². The molecule has 0 aliphatic carbocycles. The molecule has 372 valence electrons. The minimum absolute atomic E-state index is 0.104. The number of ether oxygens (including phenoxy) is 3. The molecular weight excluding hydrogens is 817 g/mol. The van der Waals surface area contributed by atoms with Crippen LogP contribution in [0.25, 0.3) is 0 Å². The molecule has 0 aliphatic rings. The molecule has 0 radical (unpaired) electrons. The molecule has 1 unspecified atom stereocenters. The van der Waals surface area contributed by atoms with Crippen molar-refractivity contribution in [1.82, 2.24) is 0 Å². The van der Waals surface area contributed by atoms with Gasteiger partial charge in [-0.1, -0.05) is 213 Å². The fourth-order valence-corrected chi connectivity index (χ4v) is 6.86. The highest BCUT2D eigenvalue weighted by molar-refractivity contribution is 5.71. The van der Waals surface area contributed by atoms with Crippen molar-refractivity contribution in [2.75, 3.05) is 13.2 Å². The number of allylic oxidation sites excluding steroid dienone is 20. The highest BCUT2D eigenvalue weighted by Gasteiger charge is 2.19. The second-order valence-corrected chi connectivity index (χ2v) is 17.0. The van der Waals surface area contributed by atoms with Crippen LogP contribution < -0.4 is 0 Å². The quantitative estimate of drug-likeness (QED) is 0.0199. The smallest absolute Gasteiger partial charge is 0.306 e. The topological polar surface area (TPSA) is 78.9 Å². The summed E-state index contributed by atoms with van der Waals surface area (Å²) in [4.78, 5) is 38.0. The zero-order valence-corrected chi connectivity index (χ0v) is 42.4. The number of esters is 3. The normalized spacial score (nSPS) is 13.1. The molecule has 0 saturated heterocycles. The van der Waals surface area contributed by atoms with Crippen molar-refractivity contribution in [1.29, 1.82) is 0 Å². The molecule has 0 fully saturated rings. The summed E-state index contributed by atoms with van der Waals surface area (Å²) in [6.07, 6.45) is 73.3. The molecule has 0 N–H and O–H groups in total. The molecule has 66 heavy (non-hydrogen) atoms. The molecule has 0 rings (SSSR count). The lowest BCUT2D eigenvalue weighted by molar-refractivity contribution is -0.167. The fourth-order valence-electron chi connectivity index (χ4n) is 6.86. The van der Waals surface area contributed by atoms with E-state index in [1.807, 2.05) is 0 Å². The van der Waals surface area contributed by atoms with Crippen LogP contribution in [0, 0.1) is 0 Å². The Morgan fingerprint density at radius 1 is 0.318 bits per heavy atom. The van der Waals surface area contributed by atoms with Gasteiger partial charge < -0.3 is 14.2 Å². The van der Waals surface area contributed by atoms with Gasteiger partial charge in [-0.2, -0.15) is 0 Å². The molecule has 0 aliphatic heterocycles. The third-order valence-corrected chi connectivity index (χ3v) is 10.8. The Morgan fingerprint density at radius 2 is 0.621 bits per heavy atom. The van der Waals surface area contributed by atoms with Gasteiger partial charge in [-0.25, -0.2) is 0 Å². The zero-order valence-electron chi connectivity index (χ0n) is 42.4. The van der Waals surface area contributed by atoms with Gasteiger partial charge in [-0.05, 0) is 109 Å². The molecule has 0 aromatic carbocycles. The SMILES string of the molecule is CC/C=C/C=C/C=C/CCCCCCCC(=O)OCC(COC(=O)CCCCCCCCCCC/C=C/C/C=C/C/C=C/CC)OC(=O)CCCCC/C=C/C/C=C/C/C=C/C/C=C/CC. The Morgan fingerprint density at radius 3 is 1.03 bits per heavy atom. The predicted molar refractivity (Wildman–Crippen MR) is 283 cm³/mol. The molecule has 6 heteroatoms. The molecule has 0 aromatic rings. The summed E-state index contributed by atoms with van der Waals surface area (Å²) in [7, 11) is 0. The number of carbonyl (C=O) groups excluding carboxylic acids is 3. The molecule has 0 aromatic heterocycles. The molecule has 0 spiro atoms. The third kappa shape index (κ3) is 50.8. The second-order valence-electron chi connectivity index (χ2n) is 17.0. The summed E-state index contributed by atoms with van der Waals surface area (Å²) in [5.74, 6) is -0.968. The summed E-state index contributed by atoms with van der Waals surface area (Å²) in [6, 6.07) is 0. The van der Waals surface area contributed by atoms with Crippen molar-refractivity contribution in [2.45, 2.75) is 226 Å². The van der Waals surface area contributed by atoms with Gasteiger partial charge in [0.2, 0.25) is 0 Å². The molecule has 0 amide bonds. The van der Waals surface area contributed by atoms with Crippen LogP contribution in [-0.2, 0) is 28.6 Å². The Hall–Kier alpha value is -4.19. The Kier molecular flexibility index (Phi) is 50.0. The van der Waals surface area contributed by atoms with Crippen LogP contribution in [0.3, 0.4) is 0 Å². The Bertz CT molecular complexity index is 1420. The highest BCUT2D eigenvalue weighted by Crippen LogP contribution is 2.14. The van der Waals surface area contributed by atoms with E-state index in [4.69, 9.17) is 14.2 Å². The number of carbonyl (C=O) groups is 3. The third-order valence-electron chi connectivity index (χ3n) is 10.8. The maximum atomic E-state index is 12.8. The van der Waals surface area contributed by atoms with E-state index in [0.717, 1.165) is 141 Å². The van der Waals surface area contributed by atoms with Gasteiger partial charge in [0.1, 0.15) is 13.2 Å². The van der Waals surface area contributed by atoms with E-state index < -0.39 is 6.10 Å². The van der Waals surface area contributed by atoms with Crippen molar-refractivity contribution < 1.29 is 28.6 Å². The van der Waals surface area contributed by atoms with Crippen LogP contribution in [0.15, 0.2) is 122 Å². The number of hydrogen-bond donors (Lipinski definition) is 0. The van der Waals surface area contributed by atoms with Crippen molar-refractivity contribution >= 4 is 17.9 Å². The number of unbranched alkanes of at least 4 members (excludes halogenated alkanes) is 17. The first-order chi connectivity index (χ1) is 32.5. The number of hydrogen-bond acceptors (Lipinski definition) is 6. The molecule has 1 atom stereocenters. The van der Waals surface area contributed by atoms with Crippen molar-refractivity contribution in [3.8, 4) is 0 Å². The standard InChI is InChI=1S/C60H96O6/c1-4-7-10-13-16-19-22-25-27-29-30-31-33-35-38-41-44-47-50-53-59(62)65-56-57(55-64-58(61)52-49-46-43-40-37-34-24-21-18-15-12-9-6-3)66-60(63)54-51-48-45-42-39-36-32-28-26-23-20-17-14-11-8-5-2/h7-12,15-21,24-28,36,39,57H,4-6,13-14,22-23,29-35,37-38,40-56H2,1-3H3/b10-7+,11-8+,12-9+,18-15+,19-16+,20-17+,24-21+,27-25+,28-26+,39-36+. The molecule has 6 nitrogen and oxygen atoms in total. The molecular formula is C60H96O6. The van der Waals surface area contributed by atoms with E-state index in [2.05, 4.69) is 142 Å². The maximum Gasteiger partial charge on any atom is 0.306 e. The maximum absolute atomic E-state index is 12.8. The van der Waals surface area contributed by atoms with Crippen LogP contribution in [-0.4, -0.2) is 37.2 Å². The largest absolute Gasteiger partial charge is 0.462 e. The van der Waals surface area contributed by atoms with Crippen molar-refractivity contribution in [3.63, 3.8) is 0 Å². The van der Waals surface area contributed by atoms with E-state index in [9.17, 15) is 14.4 Å². The Labute approximate surface area is 405 Å². The molecule has 0 bridgehead atoms. The first-order valence-corrected chi connectivity index (χ1v) is 26.6. The first-order valence-electron chi connectivity index (χ1n) is 26.6. The lowest BCUT2D eigenvalue weighted by Crippen LogP contribution is -2.30. The minimum atomic E-state index is -0.809. The van der Waals surface area contributed by atoms with Crippen LogP contribution in [0.5, 0.6) is 0 Å². The lowest BCUT2D eigenvalue weighted by Gasteiger charge is -2.18. The summed E-state index contributed by atoms with van der Waals surface area (Å²) < 4.78 is 16.8. The fraction of sp³-hybridized carbons (Fsp3) is 0.617. The van der Waals surface area contributed by atoms with Gasteiger partial charge in [-0.3, -0.25) is 14.4 Å². The monoisotopic (exact) mass is 913 g/mol. The van der Waals surface area contributed by atoms with E-state index in [-0.39, 0.29) is 37.5 Å². The summed E-state index contributed by atoms with van der Waals surface area (Å²) >= 11 is 0. The highest BCUT2D eigenvalue weighted by atomic mass is 16.6. The van der Waals surface area contributed by atoms with Gasteiger partial charge in [-0.15, -0.1) is 0 Å². The van der Waals surface area contributed by atoms with Gasteiger partial charge >= 0.3 is 17.9 Å². The summed E-state index contributed by atoms with van der Waals surface area (Å²) in [5, 5.41) is 0. The first kappa shape index (κ1) is 61.8. The zero-order chi connectivity index (χ0) is 47.9. The van der Waals surface area contributed by atoms with Gasteiger partial charge in [0.05, 0.1) is 0 Å². The van der Waals surface area contributed by atoms with Crippen molar-refractivity contribution in [3.05, 3.63) is 122 Å². The Balaban J connectivity index is 4.47. The van der Waals surface area contributed by atoms with E-state index in [0.29, 0.717) is 12.8 Å². The van der Waals surface area contributed by atoms with Gasteiger partial charge in [0.15, 0.2) is 6.10 Å². The van der Waals surface area contributed by atoms with Crippen molar-refractivity contribution in [2.24, 2.45) is 0 Å². The average Bonchev–Trinajstić information content (AvgIpc) is 3.31. The van der Waals surface area contributed by atoms with Gasteiger partial charge in [0.25, 0.3) is 0 Å². The van der Waals surface area contributed by atoms with E-state index >= 15 is 0 Å². The minimum Gasteiger partial charge on any atom is -0.462 e. The molecule has 0 saturated carbocycles. The van der Waals surface area contributed by atoms with Crippen LogP contribution in [0.1, 0.15) is 220 Å². The lowest BCUT2D eigenvalue weighted by atomic mass is 10.1. The van der Waals surface area contributed by atoms with Crippen LogP contribution in [0.2, 0.25) is 0 Å². The summed E-state index contributed by atoms with van der Waals surface area (Å²) in [5.41, 5.74) is 0. The second kappa shape index (κ2) is 53.4. The number of rotatable bonds is 46.